The Balaban J connectivity index is 1.45. The second-order valence-corrected chi connectivity index (χ2v) is 17.0. The van der Waals surface area contributed by atoms with Crippen LogP contribution in [0.25, 0.3) is 11.1 Å². The Morgan fingerprint density at radius 2 is 1.76 bits per heavy atom. The summed E-state index contributed by atoms with van der Waals surface area (Å²) in [6, 6.07) is 5.88. The number of hydrogen-bond donors (Lipinski definition) is 2. The first-order valence-electron chi connectivity index (χ1n) is 19.2. The Kier molecular flexibility index (Phi) is 13.2. The molecule has 3 heterocycles. The lowest BCUT2D eigenvalue weighted by molar-refractivity contribution is -0.123. The van der Waals surface area contributed by atoms with E-state index in [0.29, 0.717) is 33.8 Å². The van der Waals surface area contributed by atoms with Gasteiger partial charge in [-0.25, -0.2) is 9.78 Å². The molecule has 2 fully saturated rings. The SMILES string of the molecule is CN/C(C)=C\C(SC)=C(/C=O)CNC(=O)c1cc(-c2ccc(N3CC(C)OC(C)C3)nc2)c2c(c1C)OC(C)(C1CCC(N(C)C(=O)OC(C)(C)C)CC1)O2. The molecule has 5 rings (SSSR count). The van der Waals surface area contributed by atoms with Crippen LogP contribution in [-0.4, -0.2) is 97.8 Å². The fourth-order valence-electron chi connectivity index (χ4n) is 7.58. The number of amides is 2. The van der Waals surface area contributed by atoms with Gasteiger partial charge in [0.15, 0.2) is 11.5 Å². The van der Waals surface area contributed by atoms with Crippen molar-refractivity contribution in [2.24, 2.45) is 5.92 Å². The minimum Gasteiger partial charge on any atom is -0.448 e. The molecule has 55 heavy (non-hydrogen) atoms. The standard InChI is InChI=1S/C42H59N5O7S/c1-25(43-9)18-35(55-11)30(24-48)21-45-39(49)33-19-34(29-12-17-36(44-20-29)47-22-26(2)51-27(3)23-47)38-37(28(33)4)52-42(8,53-38)31-13-15-32(16-14-31)46(10)40(50)54-41(5,6)7/h12,17-20,24,26-27,31-32,43H,13-16,21-23H2,1-11H3,(H,45,49)/b25-18-,35-30+. The van der Waals surface area contributed by atoms with Crippen LogP contribution in [-0.2, 0) is 14.3 Å². The lowest BCUT2D eigenvalue weighted by atomic mass is 9.81. The topological polar surface area (TPSA) is 132 Å². The zero-order chi connectivity index (χ0) is 40.2. The highest BCUT2D eigenvalue weighted by Crippen LogP contribution is 2.53. The molecule has 1 aromatic carbocycles. The third-order valence-corrected chi connectivity index (χ3v) is 11.5. The summed E-state index contributed by atoms with van der Waals surface area (Å²) in [6.07, 6.45) is 9.35. The van der Waals surface area contributed by atoms with Gasteiger partial charge in [-0.1, -0.05) is 0 Å². The number of fused-ring (bicyclic) bond motifs is 1. The van der Waals surface area contributed by atoms with Crippen LogP contribution < -0.4 is 25.0 Å². The number of nitrogens with zero attached hydrogens (tertiary/aromatic N) is 3. The summed E-state index contributed by atoms with van der Waals surface area (Å²) >= 11 is 1.44. The molecule has 3 atom stereocenters. The maximum absolute atomic E-state index is 14.0. The van der Waals surface area contributed by atoms with E-state index in [4.69, 9.17) is 23.9 Å². The summed E-state index contributed by atoms with van der Waals surface area (Å²) in [5, 5.41) is 6.06. The van der Waals surface area contributed by atoms with Gasteiger partial charge in [-0.3, -0.25) is 9.59 Å². The molecular weight excluding hydrogens is 719 g/mol. The molecule has 1 saturated carbocycles. The van der Waals surface area contributed by atoms with Crippen LogP contribution in [0.5, 0.6) is 11.5 Å². The second-order valence-electron chi connectivity index (χ2n) is 16.1. The molecule has 0 bridgehead atoms. The van der Waals surface area contributed by atoms with Crippen molar-refractivity contribution >= 4 is 35.9 Å². The Bertz CT molecular complexity index is 1790. The smallest absolute Gasteiger partial charge is 0.410 e. The first-order valence-corrected chi connectivity index (χ1v) is 20.4. The molecule has 2 aliphatic heterocycles. The minimum absolute atomic E-state index is 0.0258. The fourth-order valence-corrected chi connectivity index (χ4v) is 8.25. The predicted octanol–water partition coefficient (Wildman–Crippen LogP) is 7.25. The van der Waals surface area contributed by atoms with Gasteiger partial charge in [-0.15, -0.1) is 11.8 Å². The molecule has 300 valence electrons. The maximum Gasteiger partial charge on any atom is 0.410 e. The number of hydrogen-bond acceptors (Lipinski definition) is 11. The van der Waals surface area contributed by atoms with Crippen LogP contribution in [0.2, 0.25) is 0 Å². The van der Waals surface area contributed by atoms with Gasteiger partial charge < -0.3 is 39.4 Å². The third kappa shape index (κ3) is 9.78. The monoisotopic (exact) mass is 777 g/mol. The molecule has 1 saturated heterocycles. The summed E-state index contributed by atoms with van der Waals surface area (Å²) in [4.78, 5) is 48.6. The molecular formula is C42H59N5O7S. The van der Waals surface area contributed by atoms with Crippen LogP contribution in [0, 0.1) is 12.8 Å². The molecule has 2 N–H and O–H groups in total. The van der Waals surface area contributed by atoms with E-state index in [2.05, 4.69) is 29.4 Å². The number of benzene rings is 1. The van der Waals surface area contributed by atoms with Crippen LogP contribution >= 0.6 is 11.8 Å². The van der Waals surface area contributed by atoms with Crippen LogP contribution in [0.4, 0.5) is 10.6 Å². The Hall–Kier alpha value is -4.23. The van der Waals surface area contributed by atoms with Gasteiger partial charge >= 0.3 is 6.09 Å². The van der Waals surface area contributed by atoms with Crippen LogP contribution in [0.3, 0.4) is 0 Å². The predicted molar refractivity (Wildman–Crippen MR) is 218 cm³/mol. The molecule has 12 nitrogen and oxygen atoms in total. The zero-order valence-corrected chi connectivity index (χ0v) is 35.1. The van der Waals surface area contributed by atoms with Crippen molar-refractivity contribution in [2.75, 3.05) is 44.9 Å². The van der Waals surface area contributed by atoms with Crippen molar-refractivity contribution in [3.8, 4) is 22.6 Å². The van der Waals surface area contributed by atoms with E-state index in [1.54, 1.807) is 11.9 Å². The Morgan fingerprint density at radius 1 is 1.11 bits per heavy atom. The highest BCUT2D eigenvalue weighted by atomic mass is 32.2. The molecule has 0 radical (unpaired) electrons. The number of carbonyl (C=O) groups is 3. The average molecular weight is 778 g/mol. The Labute approximate surface area is 330 Å². The van der Waals surface area contributed by atoms with Crippen molar-refractivity contribution < 1.29 is 33.3 Å². The number of nitrogens with one attached hydrogen (secondary N) is 2. The molecule has 1 aliphatic carbocycles. The quantitative estimate of drug-likeness (QED) is 0.136. The average Bonchev–Trinajstić information content (AvgIpc) is 3.52. The summed E-state index contributed by atoms with van der Waals surface area (Å²) in [5.41, 5.74) is 3.34. The molecule has 2 aromatic rings. The number of anilines is 1. The van der Waals surface area contributed by atoms with Crippen molar-refractivity contribution in [3.05, 3.63) is 57.8 Å². The highest BCUT2D eigenvalue weighted by Gasteiger charge is 2.48. The van der Waals surface area contributed by atoms with E-state index in [-0.39, 0.29) is 42.7 Å². The van der Waals surface area contributed by atoms with Gasteiger partial charge in [0.1, 0.15) is 17.7 Å². The maximum atomic E-state index is 14.0. The van der Waals surface area contributed by atoms with E-state index in [9.17, 15) is 14.4 Å². The van der Waals surface area contributed by atoms with E-state index in [1.807, 2.05) is 85.3 Å². The molecule has 0 spiro atoms. The number of allylic oxidation sites excluding steroid dienone is 2. The lowest BCUT2D eigenvalue weighted by Gasteiger charge is -2.40. The first-order chi connectivity index (χ1) is 26.0. The van der Waals surface area contributed by atoms with Crippen LogP contribution in [0.15, 0.2) is 46.6 Å². The van der Waals surface area contributed by atoms with Crippen LogP contribution in [0.1, 0.15) is 90.1 Å². The first kappa shape index (κ1) is 41.9. The van der Waals surface area contributed by atoms with Crippen molar-refractivity contribution in [3.63, 3.8) is 0 Å². The van der Waals surface area contributed by atoms with Gasteiger partial charge in [0.2, 0.25) is 0 Å². The van der Waals surface area contributed by atoms with E-state index >= 15 is 0 Å². The highest BCUT2D eigenvalue weighted by molar-refractivity contribution is 8.02. The Morgan fingerprint density at radius 3 is 2.33 bits per heavy atom. The molecule has 13 heteroatoms. The summed E-state index contributed by atoms with van der Waals surface area (Å²) < 4.78 is 25.2. The molecule has 1 aromatic heterocycles. The second kappa shape index (κ2) is 17.3. The lowest BCUT2D eigenvalue weighted by Crippen LogP contribution is -2.48. The zero-order valence-electron chi connectivity index (χ0n) is 34.3. The summed E-state index contributed by atoms with van der Waals surface area (Å²) in [5.74, 6) is 0.623. The van der Waals surface area contributed by atoms with E-state index < -0.39 is 11.4 Å². The van der Waals surface area contributed by atoms with Crippen molar-refractivity contribution in [1.82, 2.24) is 20.5 Å². The van der Waals surface area contributed by atoms with Gasteiger partial charge in [0, 0.05) is 97.2 Å². The van der Waals surface area contributed by atoms with E-state index in [0.717, 1.165) is 67.0 Å². The number of rotatable bonds is 11. The molecule has 3 unspecified atom stereocenters. The normalized spacial score (nSPS) is 24.5. The van der Waals surface area contributed by atoms with Gasteiger partial charge in [0.25, 0.3) is 11.7 Å². The summed E-state index contributed by atoms with van der Waals surface area (Å²) in [6.45, 7) is 17.0. The van der Waals surface area contributed by atoms with E-state index in [1.165, 1.54) is 11.8 Å². The number of thioether (sulfide) groups is 1. The summed E-state index contributed by atoms with van der Waals surface area (Å²) in [7, 11) is 3.62. The number of aldehydes is 1. The number of morpholine rings is 1. The number of ether oxygens (including phenoxy) is 4. The molecule has 3 aliphatic rings. The third-order valence-electron chi connectivity index (χ3n) is 10.7. The van der Waals surface area contributed by atoms with Gasteiger partial charge in [-0.2, -0.15) is 0 Å². The largest absolute Gasteiger partial charge is 0.448 e. The van der Waals surface area contributed by atoms with Gasteiger partial charge in [-0.05, 0) is 105 Å². The fraction of sp³-hybridized carbons (Fsp3) is 0.571. The van der Waals surface area contributed by atoms with Crippen molar-refractivity contribution in [1.29, 1.82) is 0 Å². The minimum atomic E-state index is -1.00. The van der Waals surface area contributed by atoms with Crippen molar-refractivity contribution in [2.45, 2.75) is 111 Å². The molecule has 2 amide bonds. The van der Waals surface area contributed by atoms with Gasteiger partial charge in [0.05, 0.1) is 12.2 Å². The number of aromatic nitrogens is 1. The number of carbonyl (C=O) groups excluding carboxylic acids is 3. The number of pyridine rings is 1.